The highest BCUT2D eigenvalue weighted by Crippen LogP contribution is 2.24. The van der Waals surface area contributed by atoms with E-state index in [9.17, 15) is 18.0 Å². The lowest BCUT2D eigenvalue weighted by atomic mass is 9.97. The average molecular weight is 413 g/mol. The van der Waals surface area contributed by atoms with Crippen molar-refractivity contribution >= 4 is 27.4 Å². The summed E-state index contributed by atoms with van der Waals surface area (Å²) in [5.74, 6) is -1.60. The minimum atomic E-state index is -3.35. The molecule has 2 atom stereocenters. The molecule has 0 aromatic heterocycles. The first-order valence-electron chi connectivity index (χ1n) is 9.41. The number of carbonyl (C=O) groups excluding carboxylic acids is 2. The number of hydrogen-bond acceptors (Lipinski definition) is 5. The van der Waals surface area contributed by atoms with Gasteiger partial charge < -0.3 is 9.64 Å². The van der Waals surface area contributed by atoms with E-state index in [0.717, 1.165) is 11.0 Å². The predicted molar refractivity (Wildman–Crippen MR) is 111 cm³/mol. The van der Waals surface area contributed by atoms with Crippen LogP contribution in [0.3, 0.4) is 0 Å². The number of anilines is 1. The molecular formula is C22H23NO5S. The van der Waals surface area contributed by atoms with Gasteiger partial charge in [-0.15, -0.1) is 0 Å². The maximum absolute atomic E-state index is 12.9. The number of esters is 1. The third-order valence-electron chi connectivity index (χ3n) is 4.78. The SMILES string of the molecule is CCC(C(=O)OCC(=O)N(c1ccccc1)C1C=CS(=O)(=O)C1)c1ccccc1. The van der Waals surface area contributed by atoms with Crippen LogP contribution in [0.1, 0.15) is 24.8 Å². The summed E-state index contributed by atoms with van der Waals surface area (Å²) in [5, 5.41) is 1.12. The van der Waals surface area contributed by atoms with Crippen molar-refractivity contribution in [2.24, 2.45) is 0 Å². The molecule has 3 rings (SSSR count). The zero-order chi connectivity index (χ0) is 20.9. The fourth-order valence-corrected chi connectivity index (χ4v) is 4.62. The highest BCUT2D eigenvalue weighted by molar-refractivity contribution is 7.94. The second kappa shape index (κ2) is 9.05. The topological polar surface area (TPSA) is 80.8 Å². The third kappa shape index (κ3) is 5.12. The second-order valence-corrected chi connectivity index (χ2v) is 8.74. The molecule has 2 aromatic carbocycles. The van der Waals surface area contributed by atoms with Gasteiger partial charge in [-0.3, -0.25) is 9.59 Å². The van der Waals surface area contributed by atoms with E-state index in [1.54, 1.807) is 30.3 Å². The molecule has 6 nitrogen and oxygen atoms in total. The first-order valence-corrected chi connectivity index (χ1v) is 11.1. The van der Waals surface area contributed by atoms with E-state index in [-0.39, 0.29) is 5.75 Å². The van der Waals surface area contributed by atoms with Crippen LogP contribution in [0, 0.1) is 0 Å². The van der Waals surface area contributed by atoms with Crippen LogP contribution >= 0.6 is 0 Å². The average Bonchev–Trinajstić information content (AvgIpc) is 3.08. The maximum Gasteiger partial charge on any atom is 0.313 e. The number of sulfone groups is 1. The van der Waals surface area contributed by atoms with Crippen molar-refractivity contribution in [3.8, 4) is 0 Å². The molecular weight excluding hydrogens is 390 g/mol. The summed E-state index contributed by atoms with van der Waals surface area (Å²) >= 11 is 0. The fraction of sp³-hybridized carbons (Fsp3) is 0.273. The number of rotatable bonds is 7. The monoisotopic (exact) mass is 413 g/mol. The van der Waals surface area contributed by atoms with Gasteiger partial charge in [0.1, 0.15) is 0 Å². The Kier molecular flexibility index (Phi) is 6.49. The normalized spacial score (nSPS) is 18.2. The summed E-state index contributed by atoms with van der Waals surface area (Å²) in [6, 6.07) is 17.4. The Labute approximate surface area is 170 Å². The molecule has 0 bridgehead atoms. The van der Waals surface area contributed by atoms with Crippen molar-refractivity contribution in [1.82, 2.24) is 0 Å². The van der Waals surface area contributed by atoms with Crippen molar-refractivity contribution < 1.29 is 22.7 Å². The highest BCUT2D eigenvalue weighted by Gasteiger charge is 2.32. The molecule has 1 aliphatic rings. The predicted octanol–water partition coefficient (Wildman–Crippen LogP) is 3.07. The zero-order valence-corrected chi connectivity index (χ0v) is 16.9. The Morgan fingerprint density at radius 3 is 2.24 bits per heavy atom. The van der Waals surface area contributed by atoms with Crippen LogP contribution in [0.15, 0.2) is 72.1 Å². The van der Waals surface area contributed by atoms with Gasteiger partial charge in [-0.1, -0.05) is 55.5 Å². The van der Waals surface area contributed by atoms with E-state index in [4.69, 9.17) is 4.74 Å². The summed E-state index contributed by atoms with van der Waals surface area (Å²) in [6.07, 6.45) is 2.03. The highest BCUT2D eigenvalue weighted by atomic mass is 32.2. The Balaban J connectivity index is 1.73. The Morgan fingerprint density at radius 1 is 1.07 bits per heavy atom. The van der Waals surface area contributed by atoms with Gasteiger partial charge in [0.2, 0.25) is 0 Å². The van der Waals surface area contributed by atoms with Gasteiger partial charge in [-0.2, -0.15) is 0 Å². The van der Waals surface area contributed by atoms with Gasteiger partial charge in [0.05, 0.1) is 17.7 Å². The molecule has 0 saturated heterocycles. The van der Waals surface area contributed by atoms with Crippen LogP contribution in [0.4, 0.5) is 5.69 Å². The second-order valence-electron chi connectivity index (χ2n) is 6.80. The van der Waals surface area contributed by atoms with E-state index in [1.165, 1.54) is 11.0 Å². The Morgan fingerprint density at radius 2 is 1.69 bits per heavy atom. The largest absolute Gasteiger partial charge is 0.455 e. The third-order valence-corrected chi connectivity index (χ3v) is 6.16. The quantitative estimate of drug-likeness (QED) is 0.652. The molecule has 2 unspecified atom stereocenters. The minimum Gasteiger partial charge on any atom is -0.455 e. The van der Waals surface area contributed by atoms with Crippen LogP contribution in [-0.4, -0.2) is 38.7 Å². The number of amides is 1. The van der Waals surface area contributed by atoms with Crippen molar-refractivity contribution in [2.75, 3.05) is 17.3 Å². The number of carbonyl (C=O) groups is 2. The minimum absolute atomic E-state index is 0.191. The smallest absolute Gasteiger partial charge is 0.313 e. The van der Waals surface area contributed by atoms with Crippen LogP contribution in [0.2, 0.25) is 0 Å². The molecule has 0 fully saturated rings. The van der Waals surface area contributed by atoms with Crippen LogP contribution in [0.25, 0.3) is 0 Å². The molecule has 1 heterocycles. The molecule has 7 heteroatoms. The van der Waals surface area contributed by atoms with Gasteiger partial charge >= 0.3 is 5.97 Å². The molecule has 152 valence electrons. The molecule has 29 heavy (non-hydrogen) atoms. The zero-order valence-electron chi connectivity index (χ0n) is 16.1. The lowest BCUT2D eigenvalue weighted by molar-refractivity contribution is -0.149. The molecule has 0 radical (unpaired) electrons. The first-order chi connectivity index (χ1) is 13.9. The van der Waals surface area contributed by atoms with Gasteiger partial charge in [0, 0.05) is 11.1 Å². The number of benzene rings is 2. The number of ether oxygens (including phenoxy) is 1. The van der Waals surface area contributed by atoms with Gasteiger partial charge in [-0.25, -0.2) is 8.42 Å². The van der Waals surface area contributed by atoms with Crippen molar-refractivity contribution in [3.63, 3.8) is 0 Å². The van der Waals surface area contributed by atoms with E-state index in [0.29, 0.717) is 12.1 Å². The van der Waals surface area contributed by atoms with Gasteiger partial charge in [0.25, 0.3) is 5.91 Å². The summed E-state index contributed by atoms with van der Waals surface area (Å²) in [4.78, 5) is 26.8. The molecule has 0 saturated carbocycles. The summed E-state index contributed by atoms with van der Waals surface area (Å²) < 4.78 is 29.0. The Bertz CT molecular complexity index is 986. The summed E-state index contributed by atoms with van der Waals surface area (Å²) in [5.41, 5.74) is 1.38. The van der Waals surface area contributed by atoms with Crippen LogP contribution < -0.4 is 4.90 Å². The molecule has 2 aromatic rings. The molecule has 0 aliphatic carbocycles. The van der Waals surface area contributed by atoms with Crippen molar-refractivity contribution in [2.45, 2.75) is 25.3 Å². The summed E-state index contributed by atoms with van der Waals surface area (Å²) in [7, 11) is -3.35. The molecule has 0 spiro atoms. The van der Waals surface area contributed by atoms with Gasteiger partial charge in [-0.05, 0) is 30.2 Å². The number of nitrogens with zero attached hydrogens (tertiary/aromatic N) is 1. The van der Waals surface area contributed by atoms with Crippen LogP contribution in [0.5, 0.6) is 0 Å². The van der Waals surface area contributed by atoms with Gasteiger partial charge in [0.15, 0.2) is 16.4 Å². The van der Waals surface area contributed by atoms with E-state index in [2.05, 4.69) is 0 Å². The maximum atomic E-state index is 12.9. The van der Waals surface area contributed by atoms with Crippen molar-refractivity contribution in [3.05, 3.63) is 77.7 Å². The lowest BCUT2D eigenvalue weighted by Crippen LogP contribution is -2.43. The van der Waals surface area contributed by atoms with E-state index in [1.807, 2.05) is 37.3 Å². The summed E-state index contributed by atoms with van der Waals surface area (Å²) in [6.45, 7) is 1.42. The Hall–Kier alpha value is -2.93. The van der Waals surface area contributed by atoms with Crippen molar-refractivity contribution in [1.29, 1.82) is 0 Å². The molecule has 1 aliphatic heterocycles. The van der Waals surface area contributed by atoms with E-state index < -0.39 is 40.3 Å². The number of hydrogen-bond donors (Lipinski definition) is 0. The molecule has 1 amide bonds. The first kappa shape index (κ1) is 20.8. The van der Waals surface area contributed by atoms with E-state index >= 15 is 0 Å². The number of para-hydroxylation sites is 1. The molecule has 0 N–H and O–H groups in total. The standard InChI is InChI=1S/C22H23NO5S/c1-2-20(17-9-5-3-6-10-17)22(25)28-15-21(24)23(18-11-7-4-8-12-18)19-13-14-29(26,27)16-19/h3-14,19-20H,2,15-16H2,1H3. The fourth-order valence-electron chi connectivity index (χ4n) is 3.36. The lowest BCUT2D eigenvalue weighted by Gasteiger charge is -2.27. The van der Waals surface area contributed by atoms with Crippen LogP contribution in [-0.2, 0) is 24.2 Å².